The van der Waals surface area contributed by atoms with E-state index in [-0.39, 0.29) is 35.3 Å². The number of carboxylic acid groups (broad SMARTS) is 1. The summed E-state index contributed by atoms with van der Waals surface area (Å²) in [5.74, 6) is -1.18. The van der Waals surface area contributed by atoms with Crippen molar-refractivity contribution >= 4 is 17.6 Å². The summed E-state index contributed by atoms with van der Waals surface area (Å²) in [5.41, 5.74) is 2.25. The van der Waals surface area contributed by atoms with E-state index in [2.05, 4.69) is 4.98 Å². The number of aryl methyl sites for hydroxylation is 2. The van der Waals surface area contributed by atoms with Crippen molar-refractivity contribution in [1.82, 2.24) is 4.98 Å². The first-order valence-corrected chi connectivity index (χ1v) is 5.66. The maximum atomic E-state index is 10.6. The van der Waals surface area contributed by atoms with Gasteiger partial charge in [-0.2, -0.15) is 0 Å². The van der Waals surface area contributed by atoms with Crippen molar-refractivity contribution in [3.05, 3.63) is 58.4 Å². The minimum Gasteiger partial charge on any atom is -0.543 e. The van der Waals surface area contributed by atoms with Crippen molar-refractivity contribution in [1.29, 1.82) is 0 Å². The summed E-state index contributed by atoms with van der Waals surface area (Å²) >= 11 is 5.79. The number of carboxylic acids is 1. The van der Waals surface area contributed by atoms with Gasteiger partial charge >= 0.3 is 29.6 Å². The molecule has 0 saturated carbocycles. The predicted octanol–water partition coefficient (Wildman–Crippen LogP) is -1.18. The zero-order chi connectivity index (χ0) is 12.3. The van der Waals surface area contributed by atoms with Gasteiger partial charge in [0.25, 0.3) is 0 Å². The van der Waals surface area contributed by atoms with Crippen LogP contribution < -0.4 is 34.7 Å². The summed E-state index contributed by atoms with van der Waals surface area (Å²) < 4.78 is 0. The number of hydrogen-bond donors (Lipinski definition) is 1. The Balaban J connectivity index is 0.00000162. The quantitative estimate of drug-likeness (QED) is 0.712. The molecule has 0 aliphatic carbocycles. The molecule has 0 unspecified atom stereocenters. The van der Waals surface area contributed by atoms with Crippen LogP contribution in [0.4, 0.5) is 0 Å². The largest absolute Gasteiger partial charge is 1.00 e. The number of aromatic amines is 1. The summed E-state index contributed by atoms with van der Waals surface area (Å²) in [7, 11) is 0. The van der Waals surface area contributed by atoms with E-state index in [1.807, 2.05) is 24.3 Å². The van der Waals surface area contributed by atoms with Crippen molar-refractivity contribution in [3.8, 4) is 0 Å². The monoisotopic (exact) mass is 271 g/mol. The minimum atomic E-state index is -1.18. The first kappa shape index (κ1) is 15.3. The van der Waals surface area contributed by atoms with Crippen molar-refractivity contribution in [3.63, 3.8) is 0 Å². The minimum absolute atomic E-state index is 0. The molecule has 0 radical (unpaired) electrons. The molecule has 0 fully saturated rings. The maximum absolute atomic E-state index is 10.6. The van der Waals surface area contributed by atoms with Crippen LogP contribution in [0.25, 0.3) is 0 Å². The van der Waals surface area contributed by atoms with E-state index in [9.17, 15) is 9.90 Å². The van der Waals surface area contributed by atoms with Gasteiger partial charge in [-0.05, 0) is 42.2 Å². The molecule has 2 aromatic rings. The Hall–Kier alpha value is -0.740. The fraction of sp³-hybridized carbons (Fsp3) is 0.154. The van der Waals surface area contributed by atoms with E-state index in [1.165, 1.54) is 5.56 Å². The van der Waals surface area contributed by atoms with Gasteiger partial charge in [0.2, 0.25) is 0 Å². The number of hydrogen-bond acceptors (Lipinski definition) is 2. The molecule has 2 rings (SSSR count). The van der Waals surface area contributed by atoms with Gasteiger partial charge in [0, 0.05) is 11.2 Å². The normalized spacial score (nSPS) is 9.83. The number of carbonyl (C=O) groups is 1. The summed E-state index contributed by atoms with van der Waals surface area (Å²) in [5, 5.41) is 11.3. The van der Waals surface area contributed by atoms with Gasteiger partial charge in [-0.1, -0.05) is 23.7 Å². The first-order valence-electron chi connectivity index (χ1n) is 5.28. The molecule has 0 saturated heterocycles. The summed E-state index contributed by atoms with van der Waals surface area (Å²) in [6.07, 6.45) is 3.33. The van der Waals surface area contributed by atoms with Crippen LogP contribution in [0.2, 0.25) is 5.02 Å². The van der Waals surface area contributed by atoms with Crippen molar-refractivity contribution in [2.75, 3.05) is 0 Å². The van der Waals surface area contributed by atoms with Crippen LogP contribution in [0.5, 0.6) is 0 Å². The van der Waals surface area contributed by atoms with E-state index in [4.69, 9.17) is 11.6 Å². The number of carbonyl (C=O) groups excluding carboxylic acids is 1. The Kier molecular flexibility index (Phi) is 5.96. The number of rotatable bonds is 4. The van der Waals surface area contributed by atoms with Gasteiger partial charge in [-0.25, -0.2) is 0 Å². The summed E-state index contributed by atoms with van der Waals surface area (Å²) in [6.45, 7) is 0. The number of benzene rings is 1. The third-order valence-corrected chi connectivity index (χ3v) is 2.83. The van der Waals surface area contributed by atoms with Crippen molar-refractivity contribution in [2.24, 2.45) is 0 Å². The Morgan fingerprint density at radius 2 is 1.78 bits per heavy atom. The van der Waals surface area contributed by atoms with E-state index >= 15 is 0 Å². The van der Waals surface area contributed by atoms with Gasteiger partial charge in [-0.15, -0.1) is 0 Å². The second-order valence-electron chi connectivity index (χ2n) is 3.84. The molecule has 0 spiro atoms. The first-order chi connectivity index (χ1) is 8.15. The van der Waals surface area contributed by atoms with Gasteiger partial charge in [0.05, 0.1) is 11.7 Å². The smallest absolute Gasteiger partial charge is 0.543 e. The van der Waals surface area contributed by atoms with E-state index in [0.717, 1.165) is 23.4 Å². The van der Waals surface area contributed by atoms with Gasteiger partial charge in [-0.3, -0.25) is 0 Å². The Morgan fingerprint density at radius 1 is 1.17 bits per heavy atom. The molecule has 88 valence electrons. The second-order valence-corrected chi connectivity index (χ2v) is 4.27. The van der Waals surface area contributed by atoms with Gasteiger partial charge in [0.15, 0.2) is 0 Å². The van der Waals surface area contributed by atoms with Gasteiger partial charge < -0.3 is 14.9 Å². The maximum Gasteiger partial charge on any atom is 1.00 e. The van der Waals surface area contributed by atoms with Crippen LogP contribution in [0.3, 0.4) is 0 Å². The van der Waals surface area contributed by atoms with Crippen molar-refractivity contribution in [2.45, 2.75) is 12.8 Å². The fourth-order valence-corrected chi connectivity index (χ4v) is 1.77. The van der Waals surface area contributed by atoms with Crippen LogP contribution in [0.1, 0.15) is 21.6 Å². The van der Waals surface area contributed by atoms with Crippen LogP contribution in [-0.4, -0.2) is 11.0 Å². The zero-order valence-corrected chi connectivity index (χ0v) is 12.8. The van der Waals surface area contributed by atoms with Crippen LogP contribution in [-0.2, 0) is 12.8 Å². The number of halogens is 1. The Morgan fingerprint density at radius 3 is 2.33 bits per heavy atom. The average Bonchev–Trinajstić information content (AvgIpc) is 2.77. The molecule has 5 heteroatoms. The second kappa shape index (κ2) is 7.00. The van der Waals surface area contributed by atoms with Crippen LogP contribution in [0, 0.1) is 0 Å². The molecular formula is C13H11ClNNaO2. The molecule has 0 aliphatic heterocycles. The SMILES string of the molecule is O=C([O-])c1cc(CCc2ccc(Cl)cc2)c[nH]1.[Na+]. The van der Waals surface area contributed by atoms with Crippen molar-refractivity contribution < 1.29 is 39.5 Å². The molecule has 1 N–H and O–H groups in total. The number of aromatic carboxylic acids is 1. The number of aromatic nitrogens is 1. The third-order valence-electron chi connectivity index (χ3n) is 2.58. The van der Waals surface area contributed by atoms with E-state index < -0.39 is 5.97 Å². The van der Waals surface area contributed by atoms with E-state index in [0.29, 0.717) is 0 Å². The Bertz CT molecular complexity index is 522. The molecule has 1 aromatic carbocycles. The average molecular weight is 272 g/mol. The third kappa shape index (κ3) is 4.18. The fourth-order valence-electron chi connectivity index (χ4n) is 1.64. The topological polar surface area (TPSA) is 55.9 Å². The van der Waals surface area contributed by atoms with Crippen LogP contribution in [0.15, 0.2) is 36.5 Å². The molecule has 3 nitrogen and oxygen atoms in total. The Labute approximate surface area is 132 Å². The molecule has 1 aromatic heterocycles. The summed E-state index contributed by atoms with van der Waals surface area (Å²) in [4.78, 5) is 13.2. The molecule has 18 heavy (non-hydrogen) atoms. The predicted molar refractivity (Wildman–Crippen MR) is 64.0 cm³/mol. The van der Waals surface area contributed by atoms with Crippen LogP contribution >= 0.6 is 11.6 Å². The number of nitrogens with one attached hydrogen (secondary N) is 1. The molecule has 0 amide bonds. The molecule has 0 aliphatic rings. The summed E-state index contributed by atoms with van der Waals surface area (Å²) in [6, 6.07) is 9.23. The molecule has 1 heterocycles. The standard InChI is InChI=1S/C13H12ClNO2.Na/c14-11-5-3-9(4-6-11)1-2-10-7-12(13(16)17)15-8-10;/h3-8,15H,1-2H2,(H,16,17);/q;+1/p-1. The zero-order valence-electron chi connectivity index (χ0n) is 10.1. The molecular weight excluding hydrogens is 261 g/mol. The number of H-pyrrole nitrogens is 1. The van der Waals surface area contributed by atoms with E-state index in [1.54, 1.807) is 12.3 Å². The molecule has 0 bridgehead atoms. The molecule has 0 atom stereocenters. The van der Waals surface area contributed by atoms with Gasteiger partial charge in [0.1, 0.15) is 0 Å².